The number of nitrogens with two attached hydrogens (primary N) is 1. The molecule has 1 fully saturated rings. The Morgan fingerprint density at radius 2 is 1.97 bits per heavy atom. The molecule has 8 nitrogen and oxygen atoms in total. The summed E-state index contributed by atoms with van der Waals surface area (Å²) in [5.74, 6) is -0.711. The maximum atomic E-state index is 12.8. The van der Waals surface area contributed by atoms with Gasteiger partial charge in [0.25, 0.3) is 5.56 Å². The number of halogens is 1. The molecule has 2 heterocycles. The van der Waals surface area contributed by atoms with Crippen molar-refractivity contribution in [1.82, 2.24) is 9.97 Å². The van der Waals surface area contributed by atoms with Crippen LogP contribution in [-0.4, -0.2) is 40.8 Å². The molecule has 0 aliphatic heterocycles. The molecule has 2 atom stereocenters. The van der Waals surface area contributed by atoms with Crippen LogP contribution < -0.4 is 11.3 Å². The quantitative estimate of drug-likeness (QED) is 0.475. The Bertz CT molecular complexity index is 1200. The number of aromatic nitrogens is 2. The zero-order chi connectivity index (χ0) is 21.2. The van der Waals surface area contributed by atoms with Crippen molar-refractivity contribution < 1.29 is 18.3 Å². The van der Waals surface area contributed by atoms with Gasteiger partial charge in [0, 0.05) is 34.9 Å². The second kappa shape index (κ2) is 9.63. The molecular formula is C20H26ClN3O5S. The molecule has 30 heavy (non-hydrogen) atoms. The van der Waals surface area contributed by atoms with Crippen LogP contribution in [0.5, 0.6) is 0 Å². The Hall–Kier alpha value is -2.36. The van der Waals surface area contributed by atoms with Gasteiger partial charge in [-0.3, -0.25) is 9.59 Å². The highest BCUT2D eigenvalue weighted by molar-refractivity contribution is 7.92. The maximum absolute atomic E-state index is 12.8. The number of sulfone groups is 1. The van der Waals surface area contributed by atoms with Crippen molar-refractivity contribution in [2.45, 2.75) is 55.2 Å². The third-order valence-electron chi connectivity index (χ3n) is 5.16. The Morgan fingerprint density at radius 3 is 2.53 bits per heavy atom. The molecule has 1 unspecified atom stereocenters. The van der Waals surface area contributed by atoms with Crippen LogP contribution in [-0.2, 0) is 14.6 Å². The number of rotatable bonds is 4. The van der Waals surface area contributed by atoms with E-state index >= 15 is 0 Å². The van der Waals surface area contributed by atoms with Crippen LogP contribution in [0, 0.1) is 0 Å². The van der Waals surface area contributed by atoms with E-state index in [9.17, 15) is 18.0 Å². The molecule has 164 valence electrons. The van der Waals surface area contributed by atoms with Gasteiger partial charge >= 0.3 is 5.97 Å². The van der Waals surface area contributed by atoms with Gasteiger partial charge in [-0.2, -0.15) is 0 Å². The number of benzene rings is 1. The van der Waals surface area contributed by atoms with Crippen molar-refractivity contribution in [3.8, 4) is 0 Å². The normalized spacial score (nSPS) is 18.6. The van der Waals surface area contributed by atoms with E-state index in [1.165, 1.54) is 0 Å². The first-order valence-corrected chi connectivity index (χ1v) is 11.1. The molecular weight excluding hydrogens is 430 g/mol. The van der Waals surface area contributed by atoms with E-state index in [0.29, 0.717) is 35.2 Å². The minimum atomic E-state index is -3.41. The van der Waals surface area contributed by atoms with Crippen LogP contribution in [0.4, 0.5) is 0 Å². The monoisotopic (exact) mass is 455 g/mol. The Kier molecular flexibility index (Phi) is 7.68. The van der Waals surface area contributed by atoms with Crippen molar-refractivity contribution in [3.05, 3.63) is 40.8 Å². The average Bonchev–Trinajstić information content (AvgIpc) is 3.32. The van der Waals surface area contributed by atoms with Gasteiger partial charge < -0.3 is 20.8 Å². The molecule has 1 aromatic carbocycles. The van der Waals surface area contributed by atoms with Gasteiger partial charge in [0.2, 0.25) is 0 Å². The highest BCUT2D eigenvalue weighted by atomic mass is 35.5. The smallest absolute Gasteiger partial charge is 0.303 e. The summed E-state index contributed by atoms with van der Waals surface area (Å²) >= 11 is 0. The first-order chi connectivity index (χ1) is 13.7. The first-order valence-electron chi connectivity index (χ1n) is 9.58. The van der Waals surface area contributed by atoms with E-state index in [4.69, 9.17) is 10.8 Å². The molecule has 0 bridgehead atoms. The predicted octanol–water partition coefficient (Wildman–Crippen LogP) is 2.96. The molecule has 0 radical (unpaired) electrons. The van der Waals surface area contributed by atoms with Gasteiger partial charge in [-0.15, -0.1) is 12.4 Å². The molecule has 1 saturated carbocycles. The fourth-order valence-electron chi connectivity index (χ4n) is 3.66. The van der Waals surface area contributed by atoms with Gasteiger partial charge in [-0.1, -0.05) is 6.92 Å². The number of hydrogen-bond acceptors (Lipinski definition) is 5. The molecule has 4 rings (SSSR count). The minimum Gasteiger partial charge on any atom is -0.481 e. The summed E-state index contributed by atoms with van der Waals surface area (Å²) < 4.78 is 25.7. The lowest BCUT2D eigenvalue weighted by Gasteiger charge is -2.12. The van der Waals surface area contributed by atoms with Gasteiger partial charge in [-0.05, 0) is 49.9 Å². The van der Waals surface area contributed by atoms with Crippen LogP contribution in [0.1, 0.15) is 39.0 Å². The molecule has 0 saturated heterocycles. The van der Waals surface area contributed by atoms with E-state index in [1.807, 2.05) is 6.92 Å². The summed E-state index contributed by atoms with van der Waals surface area (Å²) in [5, 5.41) is 8.95. The summed E-state index contributed by atoms with van der Waals surface area (Å²) in [6.45, 7) is 1.84. The van der Waals surface area contributed by atoms with E-state index in [1.54, 1.807) is 30.5 Å². The Morgan fingerprint density at radius 1 is 1.23 bits per heavy atom. The topological polar surface area (TPSA) is 146 Å². The Labute approximate surface area is 180 Å². The largest absolute Gasteiger partial charge is 0.481 e. The van der Waals surface area contributed by atoms with E-state index in [2.05, 4.69) is 9.97 Å². The summed E-state index contributed by atoms with van der Waals surface area (Å²) in [6, 6.07) is 6.62. The zero-order valence-electron chi connectivity index (χ0n) is 16.6. The van der Waals surface area contributed by atoms with Gasteiger partial charge in [0.1, 0.15) is 5.52 Å². The lowest BCUT2D eigenvalue weighted by molar-refractivity contribution is -0.137. The summed E-state index contributed by atoms with van der Waals surface area (Å²) in [7, 11) is -3.41. The fraction of sp³-hybridized carbons (Fsp3) is 0.400. The number of hydrogen-bond donors (Lipinski definition) is 4. The number of fused-ring (bicyclic) bond motifs is 3. The summed E-state index contributed by atoms with van der Waals surface area (Å²) in [6.07, 6.45) is 4.55. The number of nitrogens with one attached hydrogen (secondary N) is 2. The van der Waals surface area contributed by atoms with Crippen molar-refractivity contribution >= 4 is 50.0 Å². The standard InChI is InChI=1S/C16H17N3O3S.C4H8O2.ClH/c17-9-1-2-10(7-9)23(21,22)11-3-4-14-13(8-11)12-5-6-18-15(12)16(20)19-14;1-2-3-4(5)6;/h3-6,8-10,18H,1-2,7,17H2,(H,19,20);2-3H2,1H3,(H,5,6);1H/t9?,10-;;/m0../s1. The van der Waals surface area contributed by atoms with Crippen LogP contribution in [0.25, 0.3) is 21.8 Å². The summed E-state index contributed by atoms with van der Waals surface area (Å²) in [4.78, 5) is 27.5. The number of aliphatic carboxylic acids is 1. The van der Waals surface area contributed by atoms with Crippen molar-refractivity contribution in [1.29, 1.82) is 0 Å². The summed E-state index contributed by atoms with van der Waals surface area (Å²) in [5.41, 5.74) is 6.73. The van der Waals surface area contributed by atoms with Crippen LogP contribution in [0.2, 0.25) is 0 Å². The number of carbonyl (C=O) groups is 1. The number of pyridine rings is 1. The molecule has 0 spiro atoms. The van der Waals surface area contributed by atoms with Crippen molar-refractivity contribution in [3.63, 3.8) is 0 Å². The zero-order valence-corrected chi connectivity index (χ0v) is 18.2. The molecule has 10 heteroatoms. The highest BCUT2D eigenvalue weighted by Gasteiger charge is 2.34. The molecule has 3 aromatic rings. The number of carboxylic acid groups (broad SMARTS) is 1. The molecule has 5 N–H and O–H groups in total. The van der Waals surface area contributed by atoms with Crippen LogP contribution >= 0.6 is 12.4 Å². The third-order valence-corrected chi connectivity index (χ3v) is 7.38. The number of carboxylic acids is 1. The third kappa shape index (κ3) is 4.85. The lowest BCUT2D eigenvalue weighted by Crippen LogP contribution is -2.22. The highest BCUT2D eigenvalue weighted by Crippen LogP contribution is 2.31. The molecule has 0 amide bonds. The predicted molar refractivity (Wildman–Crippen MR) is 119 cm³/mol. The lowest BCUT2D eigenvalue weighted by atomic mass is 10.1. The van der Waals surface area contributed by atoms with Gasteiger partial charge in [-0.25, -0.2) is 8.42 Å². The number of aromatic amines is 2. The average molecular weight is 456 g/mol. The fourth-order valence-corrected chi connectivity index (χ4v) is 5.53. The SMILES string of the molecule is CCCC(=O)O.Cl.NC1CC[C@H](S(=O)(=O)c2ccc3[nH]c(=O)c4[nH]ccc4c3c2)C1. The van der Waals surface area contributed by atoms with Crippen molar-refractivity contribution in [2.24, 2.45) is 5.73 Å². The Balaban J connectivity index is 0.000000405. The van der Waals surface area contributed by atoms with E-state index < -0.39 is 21.1 Å². The van der Waals surface area contributed by atoms with E-state index in [0.717, 1.165) is 23.6 Å². The molecule has 2 aromatic heterocycles. The van der Waals surface area contributed by atoms with Crippen LogP contribution in [0.3, 0.4) is 0 Å². The minimum absolute atomic E-state index is 0. The molecule has 1 aliphatic rings. The van der Waals surface area contributed by atoms with Crippen LogP contribution in [0.15, 0.2) is 40.2 Å². The second-order valence-electron chi connectivity index (χ2n) is 7.31. The second-order valence-corrected chi connectivity index (χ2v) is 9.54. The number of H-pyrrole nitrogens is 2. The van der Waals surface area contributed by atoms with Gasteiger partial charge in [0.05, 0.1) is 10.1 Å². The molecule has 1 aliphatic carbocycles. The van der Waals surface area contributed by atoms with E-state index in [-0.39, 0.29) is 24.0 Å². The first kappa shape index (κ1) is 23.9. The maximum Gasteiger partial charge on any atom is 0.303 e. The van der Waals surface area contributed by atoms with Crippen molar-refractivity contribution in [2.75, 3.05) is 0 Å². The van der Waals surface area contributed by atoms with Gasteiger partial charge in [0.15, 0.2) is 9.84 Å².